The van der Waals surface area contributed by atoms with Gasteiger partial charge in [-0.3, -0.25) is 0 Å². The first-order valence-electron chi connectivity index (χ1n) is 6.24. The van der Waals surface area contributed by atoms with Crippen molar-refractivity contribution in [2.24, 2.45) is 5.73 Å². The van der Waals surface area contributed by atoms with E-state index in [9.17, 15) is 8.42 Å². The molecule has 17 heavy (non-hydrogen) atoms. The van der Waals surface area contributed by atoms with Gasteiger partial charge in [-0.1, -0.05) is 6.92 Å². The van der Waals surface area contributed by atoms with Gasteiger partial charge in [-0.25, -0.2) is 13.1 Å². The van der Waals surface area contributed by atoms with E-state index < -0.39 is 15.6 Å². The van der Waals surface area contributed by atoms with Crippen molar-refractivity contribution in [3.8, 4) is 0 Å². The molecule has 1 heterocycles. The lowest BCUT2D eigenvalue weighted by Crippen LogP contribution is -2.48. The van der Waals surface area contributed by atoms with Crippen molar-refractivity contribution in [2.45, 2.75) is 51.2 Å². The van der Waals surface area contributed by atoms with E-state index in [1.165, 1.54) is 0 Å². The Bertz CT molecular complexity index is 326. The molecule has 0 amide bonds. The number of sulfonamides is 1. The van der Waals surface area contributed by atoms with Crippen LogP contribution in [0, 0.1) is 0 Å². The van der Waals surface area contributed by atoms with Crippen LogP contribution in [-0.4, -0.2) is 39.0 Å². The summed E-state index contributed by atoms with van der Waals surface area (Å²) in [5.74, 6) is 0.0627. The lowest BCUT2D eigenvalue weighted by molar-refractivity contribution is 0.127. The van der Waals surface area contributed by atoms with E-state index >= 15 is 0 Å². The van der Waals surface area contributed by atoms with E-state index in [0.717, 1.165) is 19.3 Å². The molecule has 1 aliphatic heterocycles. The molecule has 5 nitrogen and oxygen atoms in total. The summed E-state index contributed by atoms with van der Waals surface area (Å²) in [7, 11) is -3.29. The van der Waals surface area contributed by atoms with Crippen LogP contribution < -0.4 is 10.5 Å². The van der Waals surface area contributed by atoms with Gasteiger partial charge in [0, 0.05) is 12.1 Å². The van der Waals surface area contributed by atoms with Crippen molar-refractivity contribution in [2.75, 3.05) is 18.9 Å². The first-order chi connectivity index (χ1) is 7.91. The molecule has 2 atom stereocenters. The van der Waals surface area contributed by atoms with Crippen molar-refractivity contribution in [3.05, 3.63) is 0 Å². The van der Waals surface area contributed by atoms with Crippen LogP contribution in [0.3, 0.4) is 0 Å². The normalized spacial score (nSPS) is 24.8. The number of nitrogens with two attached hydrogens (primary N) is 1. The summed E-state index contributed by atoms with van der Waals surface area (Å²) < 4.78 is 32.1. The number of hydrogen-bond acceptors (Lipinski definition) is 4. The summed E-state index contributed by atoms with van der Waals surface area (Å²) in [6.45, 7) is 5.01. The molecule has 0 aromatic carbocycles. The Balaban J connectivity index is 2.57. The Hall–Kier alpha value is -0.170. The number of ether oxygens (including phenoxy) is 1. The number of nitrogens with one attached hydrogen (secondary N) is 1. The average molecular weight is 264 g/mol. The van der Waals surface area contributed by atoms with Crippen LogP contribution >= 0.6 is 0 Å². The summed E-state index contributed by atoms with van der Waals surface area (Å²) >= 11 is 0. The monoisotopic (exact) mass is 264 g/mol. The maximum Gasteiger partial charge on any atom is 0.214 e. The molecular weight excluding hydrogens is 240 g/mol. The van der Waals surface area contributed by atoms with Crippen LogP contribution in [0.25, 0.3) is 0 Å². The van der Waals surface area contributed by atoms with E-state index in [0.29, 0.717) is 19.6 Å². The summed E-state index contributed by atoms with van der Waals surface area (Å²) in [6, 6.07) is 0. The van der Waals surface area contributed by atoms with Crippen molar-refractivity contribution in [3.63, 3.8) is 0 Å². The lowest BCUT2D eigenvalue weighted by atomic mass is 9.96. The zero-order valence-corrected chi connectivity index (χ0v) is 11.6. The molecule has 0 saturated carbocycles. The van der Waals surface area contributed by atoms with Gasteiger partial charge in [-0.15, -0.1) is 0 Å². The highest BCUT2D eigenvalue weighted by Gasteiger charge is 2.30. The van der Waals surface area contributed by atoms with Crippen LogP contribution in [-0.2, 0) is 14.8 Å². The Morgan fingerprint density at radius 1 is 1.53 bits per heavy atom. The molecule has 2 unspecified atom stereocenters. The third kappa shape index (κ3) is 4.91. The quantitative estimate of drug-likeness (QED) is 0.705. The van der Waals surface area contributed by atoms with Crippen molar-refractivity contribution < 1.29 is 13.2 Å². The van der Waals surface area contributed by atoms with E-state index in [-0.39, 0.29) is 11.9 Å². The minimum Gasteiger partial charge on any atom is -0.377 e. The fourth-order valence-electron chi connectivity index (χ4n) is 2.06. The third-order valence-electron chi connectivity index (χ3n) is 3.31. The molecule has 3 N–H and O–H groups in total. The van der Waals surface area contributed by atoms with Gasteiger partial charge in [0.25, 0.3) is 0 Å². The Kier molecular flexibility index (Phi) is 5.37. The van der Waals surface area contributed by atoms with Crippen LogP contribution in [0.2, 0.25) is 0 Å². The topological polar surface area (TPSA) is 81.4 Å². The molecule has 0 aliphatic carbocycles. The first kappa shape index (κ1) is 14.9. The molecule has 0 bridgehead atoms. The van der Waals surface area contributed by atoms with Gasteiger partial charge in [-0.2, -0.15) is 0 Å². The predicted octanol–water partition coefficient (Wildman–Crippen LogP) is 0.602. The van der Waals surface area contributed by atoms with Gasteiger partial charge in [0.2, 0.25) is 10.0 Å². The van der Waals surface area contributed by atoms with E-state index in [2.05, 4.69) is 4.72 Å². The van der Waals surface area contributed by atoms with Gasteiger partial charge >= 0.3 is 0 Å². The van der Waals surface area contributed by atoms with Gasteiger partial charge in [-0.05, 0) is 39.2 Å². The Morgan fingerprint density at radius 2 is 2.24 bits per heavy atom. The molecule has 6 heteroatoms. The van der Waals surface area contributed by atoms with Crippen LogP contribution in [0.4, 0.5) is 0 Å². The minimum absolute atomic E-state index is 0.0627. The maximum absolute atomic E-state index is 12.0. The zero-order valence-electron chi connectivity index (χ0n) is 10.7. The van der Waals surface area contributed by atoms with Gasteiger partial charge < -0.3 is 10.5 Å². The largest absolute Gasteiger partial charge is 0.377 e. The van der Waals surface area contributed by atoms with Crippen LogP contribution in [0.5, 0.6) is 0 Å². The highest BCUT2D eigenvalue weighted by Crippen LogP contribution is 2.18. The molecule has 0 aromatic rings. The average Bonchev–Trinajstić information content (AvgIpc) is 2.69. The molecule has 1 fully saturated rings. The molecule has 1 rings (SSSR count). The minimum atomic E-state index is -3.29. The smallest absolute Gasteiger partial charge is 0.214 e. The van der Waals surface area contributed by atoms with Crippen LogP contribution in [0.15, 0.2) is 0 Å². The summed E-state index contributed by atoms with van der Waals surface area (Å²) in [5.41, 5.74) is 5.07. The highest BCUT2D eigenvalue weighted by atomic mass is 32.2. The van der Waals surface area contributed by atoms with E-state index in [1.54, 1.807) is 0 Å². The van der Waals surface area contributed by atoms with Gasteiger partial charge in [0.15, 0.2) is 0 Å². The van der Waals surface area contributed by atoms with E-state index in [4.69, 9.17) is 10.5 Å². The van der Waals surface area contributed by atoms with Crippen molar-refractivity contribution in [1.29, 1.82) is 0 Å². The molecular formula is C11H24N2O3S. The van der Waals surface area contributed by atoms with Crippen LogP contribution in [0.1, 0.15) is 39.5 Å². The van der Waals surface area contributed by atoms with Gasteiger partial charge in [0.05, 0.1) is 11.9 Å². The molecule has 1 aliphatic rings. The highest BCUT2D eigenvalue weighted by molar-refractivity contribution is 7.89. The second kappa shape index (κ2) is 6.13. The van der Waals surface area contributed by atoms with Crippen molar-refractivity contribution in [1.82, 2.24) is 4.72 Å². The second-order valence-electron chi connectivity index (χ2n) is 4.97. The maximum atomic E-state index is 12.0. The fraction of sp³-hybridized carbons (Fsp3) is 1.00. The number of rotatable bonds is 7. The Morgan fingerprint density at radius 3 is 2.71 bits per heavy atom. The summed E-state index contributed by atoms with van der Waals surface area (Å²) in [5, 5.41) is 0. The molecule has 0 aromatic heterocycles. The Labute approximate surface area is 104 Å². The predicted molar refractivity (Wildman–Crippen MR) is 68.3 cm³/mol. The fourth-order valence-corrected chi connectivity index (χ4v) is 3.89. The molecule has 102 valence electrons. The standard InChI is InChI=1S/C11H24N2O3S/c1-3-11(2,6-7-12)13-17(14,15)9-10-5-4-8-16-10/h10,13H,3-9,12H2,1-2H3. The van der Waals surface area contributed by atoms with Crippen molar-refractivity contribution >= 4 is 10.0 Å². The molecule has 0 spiro atoms. The molecule has 1 saturated heterocycles. The first-order valence-corrected chi connectivity index (χ1v) is 7.89. The summed E-state index contributed by atoms with van der Waals surface area (Å²) in [6.07, 6.45) is 3.02. The third-order valence-corrected chi connectivity index (χ3v) is 4.92. The van der Waals surface area contributed by atoms with E-state index in [1.807, 2.05) is 13.8 Å². The molecule has 0 radical (unpaired) electrons. The van der Waals surface area contributed by atoms with Gasteiger partial charge in [0.1, 0.15) is 0 Å². The summed E-state index contributed by atoms with van der Waals surface area (Å²) in [4.78, 5) is 0. The second-order valence-corrected chi connectivity index (χ2v) is 6.74. The lowest BCUT2D eigenvalue weighted by Gasteiger charge is -2.29. The number of hydrogen-bond donors (Lipinski definition) is 2. The SMILES string of the molecule is CCC(C)(CCN)NS(=O)(=O)CC1CCCO1. The zero-order chi connectivity index (χ0) is 12.9.